The van der Waals surface area contributed by atoms with Crippen LogP contribution < -0.4 is 0 Å². The molecular weight excluding hydrogens is 245 g/mol. The summed E-state index contributed by atoms with van der Waals surface area (Å²) in [4.78, 5) is 11.4. The van der Waals surface area contributed by atoms with Gasteiger partial charge in [-0.1, -0.05) is 0 Å². The molecule has 0 radical (unpaired) electrons. The average molecular weight is 263 g/mol. The summed E-state index contributed by atoms with van der Waals surface area (Å²) in [6.07, 6.45) is 1.82. The van der Waals surface area contributed by atoms with E-state index >= 15 is 0 Å². The lowest BCUT2D eigenvalue weighted by Gasteiger charge is -2.18. The van der Waals surface area contributed by atoms with Crippen LogP contribution in [0.4, 0.5) is 4.39 Å². The molecule has 0 aliphatic heterocycles. The molecule has 1 aromatic carbocycles. The van der Waals surface area contributed by atoms with Gasteiger partial charge in [0, 0.05) is 17.6 Å². The van der Waals surface area contributed by atoms with E-state index in [0.717, 1.165) is 10.9 Å². The minimum absolute atomic E-state index is 0.141. The van der Waals surface area contributed by atoms with Crippen molar-refractivity contribution in [3.8, 4) is 0 Å². The Bertz CT molecular complexity index is 641. The first-order valence-corrected chi connectivity index (χ1v) is 6.29. The lowest BCUT2D eigenvalue weighted by molar-refractivity contribution is -0.142. The summed E-state index contributed by atoms with van der Waals surface area (Å²) < 4.78 is 15.3. The fraction of sp³-hybridized carbons (Fsp3) is 0.400. The van der Waals surface area contributed by atoms with Crippen LogP contribution in [0.1, 0.15) is 39.3 Å². The van der Waals surface area contributed by atoms with Crippen LogP contribution in [0.3, 0.4) is 0 Å². The number of carbonyl (C=O) groups is 1. The van der Waals surface area contributed by atoms with Crippen molar-refractivity contribution in [2.45, 2.75) is 39.2 Å². The first-order valence-electron chi connectivity index (χ1n) is 6.29. The minimum atomic E-state index is -1.00. The third-order valence-electron chi connectivity index (χ3n) is 3.56. The standard InChI is InChI=1S/C15H18FNO2/c1-9(2)17-8-12(15(3,4)14(18)19)11-6-5-10(16)7-13(11)17/h5-9H,1-4H3,(H,18,19). The highest BCUT2D eigenvalue weighted by Gasteiger charge is 2.33. The molecule has 0 saturated heterocycles. The second-order valence-corrected chi connectivity index (χ2v) is 5.64. The van der Waals surface area contributed by atoms with E-state index in [4.69, 9.17) is 0 Å². The van der Waals surface area contributed by atoms with Gasteiger partial charge in [0.15, 0.2) is 0 Å². The number of benzene rings is 1. The maximum atomic E-state index is 13.4. The zero-order chi connectivity index (χ0) is 14.4. The number of aromatic nitrogens is 1. The number of halogens is 1. The van der Waals surface area contributed by atoms with Gasteiger partial charge in [0.25, 0.3) is 0 Å². The lowest BCUT2D eigenvalue weighted by atomic mass is 9.85. The van der Waals surface area contributed by atoms with Gasteiger partial charge in [0.1, 0.15) is 5.82 Å². The van der Waals surface area contributed by atoms with Crippen LogP contribution in [0.25, 0.3) is 10.9 Å². The smallest absolute Gasteiger partial charge is 0.313 e. The van der Waals surface area contributed by atoms with E-state index in [-0.39, 0.29) is 11.9 Å². The Morgan fingerprint density at radius 2 is 2.00 bits per heavy atom. The van der Waals surface area contributed by atoms with Crippen LogP contribution in [0.15, 0.2) is 24.4 Å². The fourth-order valence-electron chi connectivity index (χ4n) is 2.26. The van der Waals surface area contributed by atoms with Crippen LogP contribution in [-0.4, -0.2) is 15.6 Å². The van der Waals surface area contributed by atoms with Gasteiger partial charge < -0.3 is 9.67 Å². The summed E-state index contributed by atoms with van der Waals surface area (Å²) in [5, 5.41) is 10.2. The van der Waals surface area contributed by atoms with E-state index in [0.29, 0.717) is 5.56 Å². The van der Waals surface area contributed by atoms with Gasteiger partial charge in [-0.05, 0) is 51.5 Å². The molecule has 0 unspecified atom stereocenters. The first-order chi connectivity index (χ1) is 8.75. The highest BCUT2D eigenvalue weighted by molar-refractivity contribution is 5.92. The molecule has 0 bridgehead atoms. The third-order valence-corrected chi connectivity index (χ3v) is 3.56. The molecule has 4 heteroatoms. The van der Waals surface area contributed by atoms with E-state index in [1.807, 2.05) is 24.6 Å². The number of hydrogen-bond donors (Lipinski definition) is 1. The Balaban J connectivity index is 2.80. The molecule has 0 aliphatic carbocycles. The van der Waals surface area contributed by atoms with Crippen LogP contribution in [0.5, 0.6) is 0 Å². The molecule has 0 saturated carbocycles. The van der Waals surface area contributed by atoms with E-state index in [1.54, 1.807) is 19.9 Å². The van der Waals surface area contributed by atoms with E-state index in [2.05, 4.69) is 0 Å². The molecule has 0 fully saturated rings. The molecule has 102 valence electrons. The van der Waals surface area contributed by atoms with Crippen LogP contribution in [0, 0.1) is 5.82 Å². The summed E-state index contributed by atoms with van der Waals surface area (Å²) in [6, 6.07) is 4.62. The zero-order valence-corrected chi connectivity index (χ0v) is 11.6. The molecule has 0 atom stereocenters. The van der Waals surface area contributed by atoms with E-state index in [9.17, 15) is 14.3 Å². The molecule has 1 N–H and O–H groups in total. The molecule has 3 nitrogen and oxygen atoms in total. The summed E-state index contributed by atoms with van der Waals surface area (Å²) in [6.45, 7) is 7.31. The molecule has 0 amide bonds. The van der Waals surface area contributed by atoms with Crippen molar-refractivity contribution in [3.63, 3.8) is 0 Å². The van der Waals surface area contributed by atoms with Gasteiger partial charge in [0.05, 0.1) is 10.9 Å². The van der Waals surface area contributed by atoms with Crippen LogP contribution in [0.2, 0.25) is 0 Å². The molecule has 2 rings (SSSR count). The second-order valence-electron chi connectivity index (χ2n) is 5.64. The first kappa shape index (κ1) is 13.6. The number of nitrogens with zero attached hydrogens (tertiary/aromatic N) is 1. The zero-order valence-electron chi connectivity index (χ0n) is 11.6. The highest BCUT2D eigenvalue weighted by Crippen LogP contribution is 2.34. The third kappa shape index (κ3) is 2.11. The van der Waals surface area contributed by atoms with Crippen molar-refractivity contribution in [3.05, 3.63) is 35.8 Å². The van der Waals surface area contributed by atoms with Gasteiger partial charge in [0.2, 0.25) is 0 Å². The number of hydrogen-bond acceptors (Lipinski definition) is 1. The van der Waals surface area contributed by atoms with Crippen molar-refractivity contribution in [2.24, 2.45) is 0 Å². The van der Waals surface area contributed by atoms with Gasteiger partial charge in [-0.3, -0.25) is 4.79 Å². The predicted molar refractivity (Wildman–Crippen MR) is 72.9 cm³/mol. The van der Waals surface area contributed by atoms with E-state index in [1.165, 1.54) is 12.1 Å². The molecule has 1 heterocycles. The SMILES string of the molecule is CC(C)n1cc(C(C)(C)C(=O)O)c2ccc(F)cc21. The summed E-state index contributed by atoms with van der Waals surface area (Å²) in [7, 11) is 0. The van der Waals surface area contributed by atoms with Crippen molar-refractivity contribution in [1.82, 2.24) is 4.57 Å². The molecular formula is C15H18FNO2. The minimum Gasteiger partial charge on any atom is -0.481 e. The number of aliphatic carboxylic acids is 1. The number of rotatable bonds is 3. The highest BCUT2D eigenvalue weighted by atomic mass is 19.1. The van der Waals surface area contributed by atoms with Gasteiger partial charge >= 0.3 is 5.97 Å². The summed E-state index contributed by atoms with van der Waals surface area (Å²) in [5.41, 5.74) is 0.443. The topological polar surface area (TPSA) is 42.2 Å². The fourth-order valence-corrected chi connectivity index (χ4v) is 2.26. The van der Waals surface area contributed by atoms with Crippen molar-refractivity contribution in [2.75, 3.05) is 0 Å². The number of carboxylic acids is 1. The largest absolute Gasteiger partial charge is 0.481 e. The normalized spacial score (nSPS) is 12.3. The Kier molecular flexibility index (Phi) is 3.12. The molecule has 0 aliphatic rings. The number of carboxylic acid groups (broad SMARTS) is 1. The van der Waals surface area contributed by atoms with Crippen molar-refractivity contribution in [1.29, 1.82) is 0 Å². The van der Waals surface area contributed by atoms with E-state index < -0.39 is 11.4 Å². The van der Waals surface area contributed by atoms with Crippen molar-refractivity contribution >= 4 is 16.9 Å². The second kappa shape index (κ2) is 4.37. The Morgan fingerprint density at radius 3 is 2.53 bits per heavy atom. The summed E-state index contributed by atoms with van der Waals surface area (Å²) >= 11 is 0. The maximum Gasteiger partial charge on any atom is 0.313 e. The van der Waals surface area contributed by atoms with Gasteiger partial charge in [-0.25, -0.2) is 4.39 Å². The molecule has 2 aromatic rings. The average Bonchev–Trinajstić information content (AvgIpc) is 2.67. The number of fused-ring (bicyclic) bond motifs is 1. The molecule has 19 heavy (non-hydrogen) atoms. The molecule has 0 spiro atoms. The summed E-state index contributed by atoms with van der Waals surface area (Å²) in [5.74, 6) is -1.20. The Labute approximate surface area is 111 Å². The monoisotopic (exact) mass is 263 g/mol. The predicted octanol–water partition coefficient (Wildman–Crippen LogP) is 3.72. The lowest BCUT2D eigenvalue weighted by Crippen LogP contribution is -2.28. The quantitative estimate of drug-likeness (QED) is 0.917. The van der Waals surface area contributed by atoms with Gasteiger partial charge in [-0.15, -0.1) is 0 Å². The Hall–Kier alpha value is -1.84. The Morgan fingerprint density at radius 1 is 1.37 bits per heavy atom. The van der Waals surface area contributed by atoms with Crippen LogP contribution in [-0.2, 0) is 10.2 Å². The maximum absolute atomic E-state index is 13.4. The van der Waals surface area contributed by atoms with Crippen molar-refractivity contribution < 1.29 is 14.3 Å². The van der Waals surface area contributed by atoms with Crippen LogP contribution >= 0.6 is 0 Å². The molecule has 1 aromatic heterocycles. The van der Waals surface area contributed by atoms with Gasteiger partial charge in [-0.2, -0.15) is 0 Å².